The van der Waals surface area contributed by atoms with Gasteiger partial charge >= 0.3 is 5.97 Å². The molecule has 0 aliphatic carbocycles. The molecule has 0 amide bonds. The summed E-state index contributed by atoms with van der Waals surface area (Å²) in [5, 5.41) is 9.34. The Kier molecular flexibility index (Phi) is 5.07. The topological polar surface area (TPSA) is 40.5 Å². The largest absolute Gasteiger partial charge is 0.481 e. The predicted molar refractivity (Wildman–Crippen MR) is 103 cm³/mol. The van der Waals surface area contributed by atoms with E-state index in [2.05, 4.69) is 65.6 Å². The van der Waals surface area contributed by atoms with Gasteiger partial charge in [-0.25, -0.2) is 0 Å². The van der Waals surface area contributed by atoms with Gasteiger partial charge in [0, 0.05) is 18.5 Å². The summed E-state index contributed by atoms with van der Waals surface area (Å²) in [4.78, 5) is 13.8. The van der Waals surface area contributed by atoms with Gasteiger partial charge in [-0.05, 0) is 49.3 Å². The summed E-state index contributed by atoms with van der Waals surface area (Å²) in [6, 6.07) is 22.3. The fourth-order valence-corrected chi connectivity index (χ4v) is 5.00. The number of carbonyl (C=O) groups is 1. The van der Waals surface area contributed by atoms with Gasteiger partial charge in [-0.15, -0.1) is 0 Å². The molecule has 2 aromatic rings. The van der Waals surface area contributed by atoms with Crippen molar-refractivity contribution in [1.82, 2.24) is 4.90 Å². The Morgan fingerprint density at radius 2 is 1.54 bits per heavy atom. The first-order chi connectivity index (χ1) is 12.7. The van der Waals surface area contributed by atoms with Crippen molar-refractivity contribution in [2.75, 3.05) is 13.1 Å². The van der Waals surface area contributed by atoms with Crippen molar-refractivity contribution in [2.24, 2.45) is 11.8 Å². The van der Waals surface area contributed by atoms with Crippen molar-refractivity contribution in [3.63, 3.8) is 0 Å². The van der Waals surface area contributed by atoms with Crippen LogP contribution in [-0.2, 0) is 4.79 Å². The second-order valence-corrected chi connectivity index (χ2v) is 7.84. The first-order valence-electron chi connectivity index (χ1n) is 9.79. The smallest absolute Gasteiger partial charge is 0.307 e. The van der Waals surface area contributed by atoms with Crippen LogP contribution in [0.2, 0.25) is 0 Å². The van der Waals surface area contributed by atoms with E-state index in [9.17, 15) is 9.90 Å². The highest BCUT2D eigenvalue weighted by molar-refractivity contribution is 5.70. The molecule has 2 aliphatic rings. The molecule has 1 unspecified atom stereocenters. The second-order valence-electron chi connectivity index (χ2n) is 7.84. The average molecular weight is 349 g/mol. The summed E-state index contributed by atoms with van der Waals surface area (Å²) in [7, 11) is 0. The fraction of sp³-hybridized carbons (Fsp3) is 0.435. The summed E-state index contributed by atoms with van der Waals surface area (Å²) in [5.74, 6) is 0.234. The number of carboxylic acids is 1. The number of carboxylic acid groups (broad SMARTS) is 1. The molecule has 2 fully saturated rings. The van der Waals surface area contributed by atoms with Gasteiger partial charge in [0.1, 0.15) is 0 Å². The van der Waals surface area contributed by atoms with Crippen molar-refractivity contribution >= 4 is 5.97 Å². The normalized spacial score (nSPS) is 26.4. The Labute approximate surface area is 155 Å². The minimum Gasteiger partial charge on any atom is -0.481 e. The molecule has 3 heteroatoms. The quantitative estimate of drug-likeness (QED) is 0.890. The molecule has 2 aromatic carbocycles. The van der Waals surface area contributed by atoms with Gasteiger partial charge in [0.25, 0.3) is 0 Å². The number of rotatable bonds is 4. The van der Waals surface area contributed by atoms with Crippen LogP contribution in [0, 0.1) is 11.8 Å². The number of fused-ring (bicyclic) bond motifs is 1. The molecule has 0 aromatic heterocycles. The highest BCUT2D eigenvalue weighted by Crippen LogP contribution is 2.42. The number of hydrogen-bond donors (Lipinski definition) is 1. The maximum atomic E-state index is 11.3. The predicted octanol–water partition coefficient (Wildman–Crippen LogP) is 4.39. The minimum atomic E-state index is -0.628. The lowest BCUT2D eigenvalue weighted by molar-refractivity contribution is -0.144. The van der Waals surface area contributed by atoms with Gasteiger partial charge in [0.2, 0.25) is 0 Å². The van der Waals surface area contributed by atoms with E-state index in [0.29, 0.717) is 17.9 Å². The lowest BCUT2D eigenvalue weighted by atomic mass is 9.72. The molecule has 0 bridgehead atoms. The van der Waals surface area contributed by atoms with Crippen molar-refractivity contribution in [3.8, 4) is 0 Å². The van der Waals surface area contributed by atoms with Crippen LogP contribution in [0.1, 0.15) is 42.7 Å². The van der Waals surface area contributed by atoms with Gasteiger partial charge in [0.05, 0.1) is 5.92 Å². The van der Waals surface area contributed by atoms with E-state index in [0.717, 1.165) is 32.4 Å². The Morgan fingerprint density at radius 3 is 2.12 bits per heavy atom. The van der Waals surface area contributed by atoms with Crippen LogP contribution in [0.4, 0.5) is 0 Å². The highest BCUT2D eigenvalue weighted by Gasteiger charge is 2.38. The van der Waals surface area contributed by atoms with Crippen molar-refractivity contribution in [3.05, 3.63) is 71.8 Å². The van der Waals surface area contributed by atoms with Gasteiger partial charge in [-0.2, -0.15) is 0 Å². The van der Waals surface area contributed by atoms with Gasteiger partial charge in [-0.3, -0.25) is 9.69 Å². The van der Waals surface area contributed by atoms with Gasteiger partial charge in [-0.1, -0.05) is 60.7 Å². The third-order valence-electron chi connectivity index (χ3n) is 6.32. The lowest BCUT2D eigenvalue weighted by Crippen LogP contribution is -2.50. The molecule has 2 heterocycles. The maximum Gasteiger partial charge on any atom is 0.307 e. The second kappa shape index (κ2) is 7.63. The van der Waals surface area contributed by atoms with Gasteiger partial charge < -0.3 is 5.11 Å². The summed E-state index contributed by atoms with van der Waals surface area (Å²) >= 11 is 0. The molecule has 3 atom stereocenters. The standard InChI is InChI=1S/C23H27NO2/c25-23(26)20-11-12-21-15-19(13-14-24(21)16-20)22(17-7-3-1-4-8-17)18-9-5-2-6-10-18/h1-10,19-22H,11-16H2,(H,25,26)/t19-,20-,21?/m1/s1. The van der Waals surface area contributed by atoms with Gasteiger partial charge in [0.15, 0.2) is 0 Å². The SMILES string of the molecule is O=C(O)[C@@H]1CCC2C[C@H](C(c3ccccc3)c3ccccc3)CCN2C1. The summed E-state index contributed by atoms with van der Waals surface area (Å²) in [6.07, 6.45) is 4.15. The van der Waals surface area contributed by atoms with Crippen LogP contribution < -0.4 is 0 Å². The van der Waals surface area contributed by atoms with Crippen LogP contribution >= 0.6 is 0 Å². The van der Waals surface area contributed by atoms with Crippen LogP contribution in [0.15, 0.2) is 60.7 Å². The van der Waals surface area contributed by atoms with E-state index in [4.69, 9.17) is 0 Å². The molecular formula is C23H27NO2. The molecular weight excluding hydrogens is 322 g/mol. The molecule has 1 N–H and O–H groups in total. The Hall–Kier alpha value is -2.13. The first kappa shape index (κ1) is 17.3. The van der Waals surface area contributed by atoms with E-state index in [1.165, 1.54) is 17.5 Å². The number of benzene rings is 2. The van der Waals surface area contributed by atoms with Crippen LogP contribution in [0.5, 0.6) is 0 Å². The zero-order valence-corrected chi connectivity index (χ0v) is 15.1. The molecule has 3 nitrogen and oxygen atoms in total. The molecule has 2 aliphatic heterocycles. The van der Waals surface area contributed by atoms with Crippen molar-refractivity contribution in [1.29, 1.82) is 0 Å². The molecule has 136 valence electrons. The Bertz CT molecular complexity index is 691. The molecule has 0 spiro atoms. The van der Waals surface area contributed by atoms with Crippen LogP contribution in [0.25, 0.3) is 0 Å². The average Bonchev–Trinajstić information content (AvgIpc) is 2.69. The Balaban J connectivity index is 1.56. The van der Waals surface area contributed by atoms with Crippen LogP contribution in [0.3, 0.4) is 0 Å². The zero-order valence-electron chi connectivity index (χ0n) is 15.1. The van der Waals surface area contributed by atoms with E-state index >= 15 is 0 Å². The minimum absolute atomic E-state index is 0.179. The first-order valence-corrected chi connectivity index (χ1v) is 9.79. The fourth-order valence-electron chi connectivity index (χ4n) is 5.00. The van der Waals surface area contributed by atoms with E-state index in [1.807, 2.05) is 0 Å². The summed E-state index contributed by atoms with van der Waals surface area (Å²) < 4.78 is 0. The number of hydrogen-bond acceptors (Lipinski definition) is 2. The summed E-state index contributed by atoms with van der Waals surface area (Å²) in [5.41, 5.74) is 2.80. The van der Waals surface area contributed by atoms with E-state index in [1.54, 1.807) is 0 Å². The number of nitrogens with zero attached hydrogens (tertiary/aromatic N) is 1. The third-order valence-corrected chi connectivity index (χ3v) is 6.32. The number of aliphatic carboxylic acids is 1. The monoisotopic (exact) mass is 349 g/mol. The Morgan fingerprint density at radius 1 is 0.923 bits per heavy atom. The van der Waals surface area contributed by atoms with Crippen molar-refractivity contribution in [2.45, 2.75) is 37.6 Å². The molecule has 0 radical (unpaired) electrons. The van der Waals surface area contributed by atoms with Crippen LogP contribution in [-0.4, -0.2) is 35.1 Å². The zero-order chi connectivity index (χ0) is 17.9. The highest BCUT2D eigenvalue weighted by atomic mass is 16.4. The third kappa shape index (κ3) is 3.54. The maximum absolute atomic E-state index is 11.3. The lowest BCUT2D eigenvalue weighted by Gasteiger charge is -2.46. The molecule has 0 saturated carbocycles. The summed E-state index contributed by atoms with van der Waals surface area (Å²) in [6.45, 7) is 1.75. The molecule has 4 rings (SSSR count). The molecule has 26 heavy (non-hydrogen) atoms. The number of piperidine rings is 2. The molecule has 2 saturated heterocycles. The van der Waals surface area contributed by atoms with Crippen molar-refractivity contribution < 1.29 is 9.90 Å². The van der Waals surface area contributed by atoms with E-state index in [-0.39, 0.29) is 5.92 Å². The van der Waals surface area contributed by atoms with E-state index < -0.39 is 5.97 Å².